The molecule has 0 aliphatic carbocycles. The fraction of sp³-hybridized carbons (Fsp3) is 0.175. The lowest BCUT2D eigenvalue weighted by Crippen LogP contribution is -2.31. The third-order valence-electron chi connectivity index (χ3n) is 12.2. The van der Waals surface area contributed by atoms with Crippen LogP contribution >= 0.6 is 0 Å². The van der Waals surface area contributed by atoms with Gasteiger partial charge in [-0.1, -0.05) is 143 Å². The molecule has 0 spiro atoms. The molecule has 8 aromatic rings. The zero-order chi connectivity index (χ0) is 43.2. The quantitative estimate of drug-likeness (QED) is 0.152. The van der Waals surface area contributed by atoms with Crippen molar-refractivity contribution in [3.05, 3.63) is 203 Å². The van der Waals surface area contributed by atoms with Crippen LogP contribution in [0.5, 0.6) is 11.5 Å². The van der Waals surface area contributed by atoms with Crippen LogP contribution in [-0.2, 0) is 10.8 Å². The van der Waals surface area contributed by atoms with Crippen molar-refractivity contribution in [1.82, 2.24) is 4.98 Å². The maximum Gasteiger partial charge on any atom is 0.137 e. The Kier molecular flexibility index (Phi) is 10.4. The van der Waals surface area contributed by atoms with Crippen molar-refractivity contribution in [1.29, 1.82) is 0 Å². The number of ether oxygens (including phenoxy) is 1. The molecule has 1 aliphatic heterocycles. The fourth-order valence-electron chi connectivity index (χ4n) is 8.97. The average Bonchev–Trinajstić information content (AvgIpc) is 3.26. The molecule has 0 atom stereocenters. The number of benzene rings is 7. The van der Waals surface area contributed by atoms with Crippen molar-refractivity contribution < 1.29 is 4.74 Å². The minimum Gasteiger partial charge on any atom is -0.457 e. The summed E-state index contributed by atoms with van der Waals surface area (Å²) in [5, 5.41) is 7.68. The largest absolute Gasteiger partial charge is 0.457 e. The lowest BCUT2D eigenvalue weighted by molar-refractivity contribution is 0.482. The van der Waals surface area contributed by atoms with E-state index in [1.807, 2.05) is 18.3 Å². The van der Waals surface area contributed by atoms with Gasteiger partial charge < -0.3 is 15.4 Å². The van der Waals surface area contributed by atoms with Crippen LogP contribution in [0.1, 0.15) is 68.0 Å². The van der Waals surface area contributed by atoms with Gasteiger partial charge in [0.25, 0.3) is 0 Å². The third kappa shape index (κ3) is 7.83. The van der Waals surface area contributed by atoms with Crippen molar-refractivity contribution in [3.63, 3.8) is 0 Å². The molecule has 62 heavy (non-hydrogen) atoms. The van der Waals surface area contributed by atoms with Gasteiger partial charge in [0.05, 0.1) is 22.7 Å². The summed E-state index contributed by atoms with van der Waals surface area (Å²) < 4.78 is 6.78. The highest BCUT2D eigenvalue weighted by Gasteiger charge is 2.37. The number of aryl methyl sites for hydroxylation is 3. The number of aromatic nitrogens is 1. The van der Waals surface area contributed by atoms with Gasteiger partial charge in [-0.2, -0.15) is 0 Å². The first-order valence-electron chi connectivity index (χ1n) is 21.5. The summed E-state index contributed by atoms with van der Waals surface area (Å²) in [5.41, 5.74) is 17.8. The van der Waals surface area contributed by atoms with Crippen LogP contribution in [-0.4, -0.2) is 4.98 Å². The molecule has 0 radical (unpaired) electrons. The Morgan fingerprint density at radius 1 is 0.548 bits per heavy atom. The van der Waals surface area contributed by atoms with Gasteiger partial charge in [0, 0.05) is 35.1 Å². The zero-order valence-corrected chi connectivity index (χ0v) is 37.0. The van der Waals surface area contributed by atoms with Crippen molar-refractivity contribution in [2.45, 2.75) is 66.2 Å². The molecule has 2 N–H and O–H groups in total. The van der Waals surface area contributed by atoms with Gasteiger partial charge >= 0.3 is 0 Å². The zero-order valence-electron chi connectivity index (χ0n) is 37.0. The van der Waals surface area contributed by atoms with Gasteiger partial charge in [0.15, 0.2) is 0 Å². The normalized spacial score (nSPS) is 12.9. The van der Waals surface area contributed by atoms with E-state index in [9.17, 15) is 0 Å². The highest BCUT2D eigenvalue weighted by Crippen LogP contribution is 2.53. The summed E-state index contributed by atoms with van der Waals surface area (Å²) in [4.78, 5) is 7.25. The second kappa shape index (κ2) is 16.1. The monoisotopic (exact) mass is 810 g/mol. The molecule has 5 heteroatoms. The van der Waals surface area contributed by atoms with Gasteiger partial charge in [-0.25, -0.2) is 4.98 Å². The van der Waals surface area contributed by atoms with Crippen LogP contribution in [0.15, 0.2) is 170 Å². The lowest BCUT2D eigenvalue weighted by atomic mass is 9.73. The molecule has 0 saturated heterocycles. The van der Waals surface area contributed by atoms with E-state index in [1.165, 1.54) is 33.4 Å². The Hall–Kier alpha value is -7.11. The van der Waals surface area contributed by atoms with Gasteiger partial charge in [-0.3, -0.25) is 4.90 Å². The first-order valence-corrected chi connectivity index (χ1v) is 21.5. The smallest absolute Gasteiger partial charge is 0.137 e. The predicted molar refractivity (Wildman–Crippen MR) is 261 cm³/mol. The first kappa shape index (κ1) is 40.3. The number of para-hydroxylation sites is 1. The Balaban J connectivity index is 1.11. The molecule has 1 aliphatic rings. The van der Waals surface area contributed by atoms with Gasteiger partial charge in [-0.05, 0) is 125 Å². The second-order valence-electron chi connectivity index (χ2n) is 18.1. The molecule has 2 heterocycles. The summed E-state index contributed by atoms with van der Waals surface area (Å²) >= 11 is 0. The summed E-state index contributed by atoms with van der Waals surface area (Å²) in [7, 11) is 0. The molecule has 0 unspecified atom stereocenters. The number of rotatable bonds is 9. The standard InChI is InChI=1S/C57H54N4O/c1-37-30-38(2)55(39(3)31-37)60-51-36-47(41-20-13-10-14-21-41)46(40-18-11-9-12-19-40)35-50(51)59-43-22-17-23-44(33-43)62-45-26-27-49-53(34-45)61(52-25-16-15-24-48(52)57(49,7)8)54-32-42(28-29-58-54)56(4,5)6/h9-36,59-60H,1-8H3. The summed E-state index contributed by atoms with van der Waals surface area (Å²) in [6, 6.07) is 58.0. The van der Waals surface area contributed by atoms with Crippen LogP contribution in [0, 0.1) is 20.8 Å². The third-order valence-corrected chi connectivity index (χ3v) is 12.2. The van der Waals surface area contributed by atoms with Gasteiger partial charge in [0.1, 0.15) is 17.3 Å². The molecule has 0 bridgehead atoms. The number of anilines is 7. The van der Waals surface area contributed by atoms with Crippen molar-refractivity contribution >= 4 is 39.9 Å². The Labute approximate surface area is 367 Å². The molecule has 0 fully saturated rings. The molecular formula is C57H54N4O. The molecular weight excluding hydrogens is 757 g/mol. The van der Waals surface area contributed by atoms with Gasteiger partial charge in [0.2, 0.25) is 0 Å². The molecule has 7 aromatic carbocycles. The predicted octanol–water partition coefficient (Wildman–Crippen LogP) is 16.0. The van der Waals surface area contributed by atoms with E-state index in [4.69, 9.17) is 9.72 Å². The van der Waals surface area contributed by atoms with Gasteiger partial charge in [-0.15, -0.1) is 0 Å². The number of hydrogen-bond donors (Lipinski definition) is 2. The maximum absolute atomic E-state index is 6.78. The van der Waals surface area contributed by atoms with Crippen LogP contribution in [0.25, 0.3) is 22.3 Å². The molecule has 5 nitrogen and oxygen atoms in total. The van der Waals surface area contributed by atoms with Crippen molar-refractivity contribution in [2.75, 3.05) is 15.5 Å². The van der Waals surface area contributed by atoms with E-state index in [1.54, 1.807) is 0 Å². The van der Waals surface area contributed by atoms with E-state index in [-0.39, 0.29) is 10.8 Å². The summed E-state index contributed by atoms with van der Waals surface area (Å²) in [5.74, 6) is 2.37. The Bertz CT molecular complexity index is 2900. The van der Waals surface area contributed by atoms with E-state index < -0.39 is 0 Å². The first-order chi connectivity index (χ1) is 29.8. The fourth-order valence-corrected chi connectivity index (χ4v) is 8.97. The number of pyridine rings is 1. The van der Waals surface area contributed by atoms with E-state index in [0.717, 1.165) is 73.7 Å². The Morgan fingerprint density at radius 3 is 1.81 bits per heavy atom. The van der Waals surface area contributed by atoms with E-state index in [0.29, 0.717) is 0 Å². The molecule has 308 valence electrons. The van der Waals surface area contributed by atoms with Crippen molar-refractivity contribution in [2.24, 2.45) is 0 Å². The highest BCUT2D eigenvalue weighted by molar-refractivity contribution is 5.94. The molecule has 0 amide bonds. The van der Waals surface area contributed by atoms with Crippen LogP contribution in [0.3, 0.4) is 0 Å². The lowest BCUT2D eigenvalue weighted by Gasteiger charge is -2.41. The molecule has 1 aromatic heterocycles. The molecule has 0 saturated carbocycles. The minimum atomic E-state index is -0.234. The number of nitrogens with one attached hydrogen (secondary N) is 2. The topological polar surface area (TPSA) is 49.4 Å². The second-order valence-corrected chi connectivity index (χ2v) is 18.1. The number of hydrogen-bond acceptors (Lipinski definition) is 5. The number of fused-ring (bicyclic) bond motifs is 2. The number of nitrogens with zero attached hydrogens (tertiary/aromatic N) is 2. The van der Waals surface area contributed by atoms with E-state index >= 15 is 0 Å². The van der Waals surface area contributed by atoms with Crippen LogP contribution in [0.2, 0.25) is 0 Å². The SMILES string of the molecule is Cc1cc(C)c(Nc2cc(-c3ccccc3)c(-c3ccccc3)cc2Nc2cccc(Oc3ccc4c(c3)N(c3cc(C(C)(C)C)ccn3)c3ccccc3C4(C)C)c2)c(C)c1. The van der Waals surface area contributed by atoms with E-state index in [2.05, 4.69) is 223 Å². The van der Waals surface area contributed by atoms with Crippen LogP contribution < -0.4 is 20.3 Å². The van der Waals surface area contributed by atoms with Crippen molar-refractivity contribution in [3.8, 4) is 33.8 Å². The molecule has 9 rings (SSSR count). The minimum absolute atomic E-state index is 0.0263. The average molecular weight is 811 g/mol. The highest BCUT2D eigenvalue weighted by atomic mass is 16.5. The summed E-state index contributed by atoms with van der Waals surface area (Å²) in [6.45, 7) is 17.8. The Morgan fingerprint density at radius 2 is 1.15 bits per heavy atom. The summed E-state index contributed by atoms with van der Waals surface area (Å²) in [6.07, 6.45) is 1.93. The van der Waals surface area contributed by atoms with Crippen LogP contribution in [0.4, 0.5) is 39.9 Å². The maximum atomic E-state index is 6.78.